The maximum Gasteiger partial charge on any atom is 0.285 e. The van der Waals surface area contributed by atoms with Crippen molar-refractivity contribution in [1.29, 1.82) is 5.26 Å². The Morgan fingerprint density at radius 3 is 2.81 bits per heavy atom. The molecule has 1 aromatic carbocycles. The van der Waals surface area contributed by atoms with E-state index in [9.17, 15) is 8.42 Å². The smallest absolute Gasteiger partial charge is 0.285 e. The number of para-hydroxylation sites is 1. The molecule has 0 N–H and O–H groups in total. The van der Waals surface area contributed by atoms with Crippen molar-refractivity contribution in [3.63, 3.8) is 0 Å². The van der Waals surface area contributed by atoms with Crippen molar-refractivity contribution >= 4 is 22.0 Å². The minimum atomic E-state index is -3.64. The summed E-state index contributed by atoms with van der Waals surface area (Å²) in [6, 6.07) is 12.2. The SMILES string of the molecule is N#Cc1ncccc1CN1C=NS(=O)(=O)c2ccccc21. The highest BCUT2D eigenvalue weighted by Gasteiger charge is 2.25. The molecule has 1 aliphatic heterocycles. The third-order valence-electron chi connectivity index (χ3n) is 3.12. The second kappa shape index (κ2) is 5.00. The lowest BCUT2D eigenvalue weighted by Gasteiger charge is -2.25. The van der Waals surface area contributed by atoms with Gasteiger partial charge in [-0.2, -0.15) is 13.7 Å². The fraction of sp³-hybridized carbons (Fsp3) is 0.0714. The molecule has 0 saturated carbocycles. The number of nitriles is 1. The van der Waals surface area contributed by atoms with Gasteiger partial charge in [-0.15, -0.1) is 4.40 Å². The summed E-state index contributed by atoms with van der Waals surface area (Å²) >= 11 is 0. The zero-order valence-electron chi connectivity index (χ0n) is 10.8. The number of nitrogens with zero attached hydrogens (tertiary/aromatic N) is 4. The molecular formula is C14H10N4O2S. The molecule has 0 aliphatic carbocycles. The summed E-state index contributed by atoms with van der Waals surface area (Å²) in [6.07, 6.45) is 2.82. The van der Waals surface area contributed by atoms with Crippen LogP contribution in [0.2, 0.25) is 0 Å². The summed E-state index contributed by atoms with van der Waals surface area (Å²) in [4.78, 5) is 5.85. The molecule has 0 spiro atoms. The van der Waals surface area contributed by atoms with E-state index in [0.717, 1.165) is 0 Å². The van der Waals surface area contributed by atoms with E-state index in [4.69, 9.17) is 5.26 Å². The van der Waals surface area contributed by atoms with Gasteiger partial charge in [-0.1, -0.05) is 18.2 Å². The Kier molecular flexibility index (Phi) is 3.16. The number of rotatable bonds is 2. The average molecular weight is 298 g/mol. The lowest BCUT2D eigenvalue weighted by molar-refractivity contribution is 0.597. The lowest BCUT2D eigenvalue weighted by atomic mass is 10.2. The van der Waals surface area contributed by atoms with Gasteiger partial charge in [0.2, 0.25) is 0 Å². The van der Waals surface area contributed by atoms with Gasteiger partial charge in [-0.25, -0.2) is 4.98 Å². The molecule has 21 heavy (non-hydrogen) atoms. The molecule has 0 bridgehead atoms. The maximum absolute atomic E-state index is 11.9. The first-order valence-electron chi connectivity index (χ1n) is 6.12. The normalized spacial score (nSPS) is 15.3. The van der Waals surface area contributed by atoms with E-state index in [2.05, 4.69) is 9.38 Å². The Morgan fingerprint density at radius 2 is 2.00 bits per heavy atom. The number of benzene rings is 1. The topological polar surface area (TPSA) is 86.4 Å². The first-order chi connectivity index (χ1) is 10.1. The first-order valence-corrected chi connectivity index (χ1v) is 7.56. The summed E-state index contributed by atoms with van der Waals surface area (Å²) < 4.78 is 27.4. The van der Waals surface area contributed by atoms with Crippen LogP contribution in [0.3, 0.4) is 0 Å². The highest BCUT2D eigenvalue weighted by molar-refractivity contribution is 7.90. The molecule has 0 saturated heterocycles. The van der Waals surface area contributed by atoms with Crippen molar-refractivity contribution in [3.05, 3.63) is 53.9 Å². The number of hydrogen-bond donors (Lipinski definition) is 0. The van der Waals surface area contributed by atoms with Crippen LogP contribution in [0.5, 0.6) is 0 Å². The van der Waals surface area contributed by atoms with Gasteiger partial charge in [0.05, 0.1) is 12.2 Å². The monoisotopic (exact) mass is 298 g/mol. The molecule has 7 heteroatoms. The zero-order valence-corrected chi connectivity index (χ0v) is 11.7. The summed E-state index contributed by atoms with van der Waals surface area (Å²) in [5, 5.41) is 9.07. The van der Waals surface area contributed by atoms with Crippen LogP contribution in [0.15, 0.2) is 51.9 Å². The van der Waals surface area contributed by atoms with Gasteiger partial charge in [-0.3, -0.25) is 0 Å². The quantitative estimate of drug-likeness (QED) is 0.842. The van der Waals surface area contributed by atoms with E-state index in [0.29, 0.717) is 23.5 Å². The largest absolute Gasteiger partial charge is 0.326 e. The van der Waals surface area contributed by atoms with E-state index < -0.39 is 10.0 Å². The van der Waals surface area contributed by atoms with E-state index in [-0.39, 0.29) is 4.90 Å². The molecule has 1 aliphatic rings. The number of aromatic nitrogens is 1. The molecule has 2 heterocycles. The van der Waals surface area contributed by atoms with Crippen LogP contribution in [-0.4, -0.2) is 19.7 Å². The summed E-state index contributed by atoms with van der Waals surface area (Å²) in [7, 11) is -3.64. The van der Waals surface area contributed by atoms with Crippen LogP contribution >= 0.6 is 0 Å². The molecule has 3 rings (SSSR count). The number of hydrogen-bond acceptors (Lipinski definition) is 5. The van der Waals surface area contributed by atoms with Crippen LogP contribution in [0.1, 0.15) is 11.3 Å². The molecule has 0 fully saturated rings. The fourth-order valence-corrected chi connectivity index (χ4v) is 3.18. The highest BCUT2D eigenvalue weighted by Crippen LogP contribution is 2.30. The second-order valence-corrected chi connectivity index (χ2v) is 6.02. The second-order valence-electron chi connectivity index (χ2n) is 4.41. The highest BCUT2D eigenvalue weighted by atomic mass is 32.2. The Hall–Kier alpha value is -2.72. The van der Waals surface area contributed by atoms with Crippen LogP contribution in [-0.2, 0) is 16.6 Å². The van der Waals surface area contributed by atoms with Gasteiger partial charge in [0.25, 0.3) is 10.0 Å². The van der Waals surface area contributed by atoms with Crippen LogP contribution in [0.4, 0.5) is 5.69 Å². The van der Waals surface area contributed by atoms with Crippen molar-refractivity contribution in [2.75, 3.05) is 4.90 Å². The van der Waals surface area contributed by atoms with Gasteiger partial charge in [0, 0.05) is 11.8 Å². The Labute approximate surface area is 122 Å². The molecular weight excluding hydrogens is 288 g/mol. The molecule has 2 aromatic rings. The van der Waals surface area contributed by atoms with E-state index >= 15 is 0 Å². The van der Waals surface area contributed by atoms with Crippen LogP contribution in [0.25, 0.3) is 0 Å². The van der Waals surface area contributed by atoms with E-state index in [1.807, 2.05) is 6.07 Å². The molecule has 0 unspecified atom stereocenters. The molecule has 0 amide bonds. The Bertz CT molecular complexity index is 869. The van der Waals surface area contributed by atoms with Gasteiger partial charge >= 0.3 is 0 Å². The van der Waals surface area contributed by atoms with Crippen molar-refractivity contribution in [1.82, 2.24) is 4.98 Å². The first kappa shape index (κ1) is 13.3. The van der Waals surface area contributed by atoms with Crippen molar-refractivity contribution < 1.29 is 8.42 Å². The average Bonchev–Trinajstić information content (AvgIpc) is 2.51. The van der Waals surface area contributed by atoms with Crippen molar-refractivity contribution in [2.45, 2.75) is 11.4 Å². The molecule has 6 nitrogen and oxygen atoms in total. The number of fused-ring (bicyclic) bond motifs is 1. The standard InChI is InChI=1S/C14H10N4O2S/c15-8-12-11(4-3-7-16-12)9-18-10-17-21(19,20)14-6-2-1-5-13(14)18/h1-7,10H,9H2. The number of sulfonamides is 1. The molecule has 0 radical (unpaired) electrons. The van der Waals surface area contributed by atoms with E-state index in [1.54, 1.807) is 41.4 Å². The fourth-order valence-electron chi connectivity index (χ4n) is 2.13. The van der Waals surface area contributed by atoms with Crippen molar-refractivity contribution in [2.24, 2.45) is 4.40 Å². The minimum absolute atomic E-state index is 0.162. The predicted octanol–water partition coefficient (Wildman–Crippen LogP) is 1.69. The third kappa shape index (κ3) is 2.37. The third-order valence-corrected chi connectivity index (χ3v) is 4.39. The van der Waals surface area contributed by atoms with Gasteiger partial charge in [0.15, 0.2) is 0 Å². The minimum Gasteiger partial charge on any atom is -0.326 e. The Morgan fingerprint density at radius 1 is 1.19 bits per heavy atom. The lowest BCUT2D eigenvalue weighted by Crippen LogP contribution is -2.27. The number of anilines is 1. The molecule has 0 atom stereocenters. The Balaban J connectivity index is 2.04. The predicted molar refractivity (Wildman–Crippen MR) is 77.3 cm³/mol. The summed E-state index contributed by atoms with van der Waals surface area (Å²) in [6.45, 7) is 0.326. The van der Waals surface area contributed by atoms with Gasteiger partial charge < -0.3 is 4.90 Å². The maximum atomic E-state index is 11.9. The van der Waals surface area contributed by atoms with E-state index in [1.165, 1.54) is 12.4 Å². The van der Waals surface area contributed by atoms with Gasteiger partial charge in [-0.05, 0) is 18.2 Å². The van der Waals surface area contributed by atoms with Crippen molar-refractivity contribution in [3.8, 4) is 6.07 Å². The molecule has 1 aromatic heterocycles. The van der Waals surface area contributed by atoms with Gasteiger partial charge in [0.1, 0.15) is 23.0 Å². The zero-order chi connectivity index (χ0) is 14.9. The summed E-state index contributed by atoms with van der Waals surface area (Å²) in [5.41, 5.74) is 1.57. The number of pyridine rings is 1. The molecule has 104 valence electrons. The summed E-state index contributed by atoms with van der Waals surface area (Å²) in [5.74, 6) is 0. The van der Waals surface area contributed by atoms with Crippen LogP contribution < -0.4 is 4.90 Å². The van der Waals surface area contributed by atoms with Crippen LogP contribution in [0, 0.1) is 11.3 Å².